The Kier molecular flexibility index (Phi) is 3.61. The van der Waals surface area contributed by atoms with Crippen molar-refractivity contribution in [2.75, 3.05) is 6.54 Å². The first kappa shape index (κ1) is 13.6. The average Bonchev–Trinajstić information content (AvgIpc) is 2.43. The molecule has 98 valence electrons. The zero-order chi connectivity index (χ0) is 14.0. The van der Waals surface area contributed by atoms with E-state index in [1.807, 2.05) is 6.07 Å². The van der Waals surface area contributed by atoms with Gasteiger partial charge in [0.05, 0.1) is 17.0 Å². The molecule has 5 heteroatoms. The van der Waals surface area contributed by atoms with Gasteiger partial charge in [-0.3, -0.25) is 0 Å². The van der Waals surface area contributed by atoms with Gasteiger partial charge in [-0.2, -0.15) is 5.26 Å². The number of alkyl halides is 1. The van der Waals surface area contributed by atoms with Gasteiger partial charge in [-0.15, -0.1) is 11.6 Å². The van der Waals surface area contributed by atoms with Crippen LogP contribution in [0.5, 0.6) is 0 Å². The Hall–Kier alpha value is -1.83. The third-order valence-corrected chi connectivity index (χ3v) is 3.90. The molecule has 0 heterocycles. The molecule has 1 aromatic carbocycles. The number of halogens is 2. The molecule has 1 aromatic rings. The van der Waals surface area contributed by atoms with Crippen molar-refractivity contribution in [1.29, 1.82) is 5.26 Å². The van der Waals surface area contributed by atoms with Gasteiger partial charge in [0.1, 0.15) is 17.0 Å². The van der Waals surface area contributed by atoms with Crippen molar-refractivity contribution in [3.63, 3.8) is 0 Å². The number of rotatable bonds is 2. The number of hydrogen-bond donors (Lipinski definition) is 2. The van der Waals surface area contributed by atoms with Gasteiger partial charge in [-0.05, 0) is 23.8 Å². The van der Waals surface area contributed by atoms with Gasteiger partial charge in [-0.25, -0.2) is 4.39 Å². The van der Waals surface area contributed by atoms with Crippen molar-refractivity contribution in [1.82, 2.24) is 0 Å². The van der Waals surface area contributed by atoms with E-state index in [0.29, 0.717) is 11.1 Å². The van der Waals surface area contributed by atoms with E-state index in [0.717, 1.165) is 6.08 Å². The summed E-state index contributed by atoms with van der Waals surface area (Å²) in [5.74, 6) is -0.833. The lowest BCUT2D eigenvalue weighted by Gasteiger charge is -2.36. The van der Waals surface area contributed by atoms with Crippen molar-refractivity contribution in [3.05, 3.63) is 59.1 Å². The highest BCUT2D eigenvalue weighted by Crippen LogP contribution is 2.40. The summed E-state index contributed by atoms with van der Waals surface area (Å²) in [5, 5.41) is 17.6. The van der Waals surface area contributed by atoms with E-state index < -0.39 is 16.6 Å². The lowest BCUT2D eigenvalue weighted by atomic mass is 9.74. The number of hydrogen-bond acceptors (Lipinski definition) is 3. The van der Waals surface area contributed by atoms with Crippen LogP contribution in [0.25, 0.3) is 0 Å². The van der Waals surface area contributed by atoms with Crippen LogP contribution in [-0.4, -0.2) is 17.0 Å². The molecule has 1 aliphatic rings. The smallest absolute Gasteiger partial charge is 0.123 e. The second-order valence-corrected chi connectivity index (χ2v) is 4.83. The Morgan fingerprint density at radius 2 is 2.05 bits per heavy atom. The molecule has 0 spiro atoms. The zero-order valence-electron chi connectivity index (χ0n) is 9.98. The second-order valence-electron chi connectivity index (χ2n) is 4.39. The quantitative estimate of drug-likeness (QED) is 0.817. The predicted octanol–water partition coefficient (Wildman–Crippen LogP) is 2.67. The monoisotopic (exact) mass is 278 g/mol. The lowest BCUT2D eigenvalue weighted by Crippen LogP contribution is -2.44. The molecule has 0 saturated heterocycles. The molecule has 3 nitrogen and oxygen atoms in total. The zero-order valence-corrected chi connectivity index (χ0v) is 10.7. The van der Waals surface area contributed by atoms with Gasteiger partial charge in [0, 0.05) is 12.6 Å². The fourth-order valence-corrected chi connectivity index (χ4v) is 2.55. The fourth-order valence-electron chi connectivity index (χ4n) is 2.20. The number of nitrogens with zero attached hydrogens (tertiary/aromatic N) is 1. The SMILES string of the molecule is N#Cc1ccc(C2(CN)C=C(F)C=C(O)C2Cl)cc1. The minimum atomic E-state index is -1.02. The maximum atomic E-state index is 13.6. The van der Waals surface area contributed by atoms with Crippen LogP contribution in [0.15, 0.2) is 48.0 Å². The van der Waals surface area contributed by atoms with E-state index in [9.17, 15) is 9.50 Å². The Balaban J connectivity index is 2.54. The van der Waals surface area contributed by atoms with Crippen molar-refractivity contribution in [2.45, 2.75) is 10.8 Å². The van der Waals surface area contributed by atoms with Gasteiger partial charge in [0.25, 0.3) is 0 Å². The third kappa shape index (κ3) is 2.23. The minimum Gasteiger partial charge on any atom is -0.511 e. The van der Waals surface area contributed by atoms with E-state index >= 15 is 0 Å². The number of allylic oxidation sites excluding steroid dienone is 3. The first-order valence-corrected chi connectivity index (χ1v) is 6.11. The van der Waals surface area contributed by atoms with E-state index in [2.05, 4.69) is 0 Å². The first-order chi connectivity index (χ1) is 9.03. The molecule has 0 amide bonds. The summed E-state index contributed by atoms with van der Waals surface area (Å²) in [6, 6.07) is 8.56. The summed E-state index contributed by atoms with van der Waals surface area (Å²) in [7, 11) is 0. The van der Waals surface area contributed by atoms with Crippen molar-refractivity contribution < 1.29 is 9.50 Å². The molecule has 0 saturated carbocycles. The average molecular weight is 279 g/mol. The number of nitriles is 1. The van der Waals surface area contributed by atoms with Gasteiger partial charge < -0.3 is 10.8 Å². The Labute approximate surface area is 115 Å². The fraction of sp³-hybridized carbons (Fsp3) is 0.214. The highest BCUT2D eigenvalue weighted by atomic mass is 35.5. The molecule has 2 atom stereocenters. The maximum absolute atomic E-state index is 13.6. The minimum absolute atomic E-state index is 0.0401. The number of aliphatic hydroxyl groups is 1. The van der Waals surface area contributed by atoms with E-state index in [1.54, 1.807) is 24.3 Å². The first-order valence-electron chi connectivity index (χ1n) is 5.67. The summed E-state index contributed by atoms with van der Waals surface area (Å²) >= 11 is 6.19. The van der Waals surface area contributed by atoms with Crippen molar-refractivity contribution in [2.24, 2.45) is 5.73 Å². The molecule has 3 N–H and O–H groups in total. The number of nitrogens with two attached hydrogens (primary N) is 1. The van der Waals surface area contributed by atoms with Crippen molar-refractivity contribution >= 4 is 11.6 Å². The van der Waals surface area contributed by atoms with Crippen LogP contribution < -0.4 is 5.73 Å². The van der Waals surface area contributed by atoms with Crippen LogP contribution in [0.1, 0.15) is 11.1 Å². The second kappa shape index (κ2) is 5.04. The number of aliphatic hydroxyl groups excluding tert-OH is 1. The third-order valence-electron chi connectivity index (χ3n) is 3.28. The van der Waals surface area contributed by atoms with E-state index in [4.69, 9.17) is 22.6 Å². The Bertz CT molecular complexity index is 588. The normalized spacial score (nSPS) is 26.3. The molecule has 0 aliphatic heterocycles. The van der Waals surface area contributed by atoms with E-state index in [-0.39, 0.29) is 12.3 Å². The predicted molar refractivity (Wildman–Crippen MR) is 71.4 cm³/mol. The van der Waals surface area contributed by atoms with Crippen molar-refractivity contribution in [3.8, 4) is 6.07 Å². The van der Waals surface area contributed by atoms with Gasteiger partial charge >= 0.3 is 0 Å². The molecule has 0 fully saturated rings. The highest BCUT2D eigenvalue weighted by molar-refractivity contribution is 6.23. The van der Waals surface area contributed by atoms with Gasteiger partial charge in [-0.1, -0.05) is 12.1 Å². The molecule has 2 rings (SSSR count). The van der Waals surface area contributed by atoms with Crippen LogP contribution in [-0.2, 0) is 5.41 Å². The van der Waals surface area contributed by atoms with Gasteiger partial charge in [0.2, 0.25) is 0 Å². The van der Waals surface area contributed by atoms with Crippen LogP contribution in [0.3, 0.4) is 0 Å². The summed E-state index contributed by atoms with van der Waals surface area (Å²) in [5.41, 5.74) is 5.89. The molecule has 19 heavy (non-hydrogen) atoms. The molecule has 1 aliphatic carbocycles. The van der Waals surface area contributed by atoms with Gasteiger partial charge in [0.15, 0.2) is 0 Å². The number of benzene rings is 1. The molecular formula is C14H12ClFN2O. The summed E-state index contributed by atoms with van der Waals surface area (Å²) in [6.45, 7) is 0.0401. The molecule has 2 unspecified atom stereocenters. The summed E-state index contributed by atoms with van der Waals surface area (Å²) in [6.07, 6.45) is 2.29. The summed E-state index contributed by atoms with van der Waals surface area (Å²) in [4.78, 5) is 0. The summed E-state index contributed by atoms with van der Waals surface area (Å²) < 4.78 is 13.6. The molecular weight excluding hydrogens is 267 g/mol. The van der Waals surface area contributed by atoms with Crippen LogP contribution >= 0.6 is 11.6 Å². The van der Waals surface area contributed by atoms with Crippen LogP contribution in [0.4, 0.5) is 4.39 Å². The maximum Gasteiger partial charge on any atom is 0.123 e. The Morgan fingerprint density at radius 3 is 2.58 bits per heavy atom. The Morgan fingerprint density at radius 1 is 1.42 bits per heavy atom. The largest absolute Gasteiger partial charge is 0.511 e. The highest BCUT2D eigenvalue weighted by Gasteiger charge is 2.41. The van der Waals surface area contributed by atoms with Crippen LogP contribution in [0, 0.1) is 11.3 Å². The lowest BCUT2D eigenvalue weighted by molar-refractivity contribution is 0.343. The topological polar surface area (TPSA) is 70.0 Å². The molecule has 0 aromatic heterocycles. The molecule has 0 radical (unpaired) electrons. The molecule has 0 bridgehead atoms. The van der Waals surface area contributed by atoms with E-state index in [1.165, 1.54) is 6.08 Å². The van der Waals surface area contributed by atoms with Crippen LogP contribution in [0.2, 0.25) is 0 Å². The standard InChI is InChI=1S/C14H12ClFN2O/c15-13-12(19)5-11(16)6-14(13,8-18)10-3-1-9(7-17)2-4-10/h1-6,13,19H,8,18H2.